The largest absolute Gasteiger partial charge is 0.473 e. The van der Waals surface area contributed by atoms with Crippen LogP contribution in [0.2, 0.25) is 0 Å². The number of nitrogens with zero attached hydrogens (tertiary/aromatic N) is 1. The predicted octanol–water partition coefficient (Wildman–Crippen LogP) is -0.217. The minimum atomic E-state index is -1.82. The maximum atomic E-state index is 9.45. The van der Waals surface area contributed by atoms with Crippen molar-refractivity contribution in [3.63, 3.8) is 0 Å². The van der Waals surface area contributed by atoms with Gasteiger partial charge in [0.05, 0.1) is 6.10 Å². The van der Waals surface area contributed by atoms with E-state index in [1.807, 2.05) is 20.2 Å². The molecule has 0 heterocycles. The first-order valence-electron chi connectivity index (χ1n) is 4.82. The van der Waals surface area contributed by atoms with Gasteiger partial charge in [0.2, 0.25) is 0 Å². The molecule has 0 unspecified atom stereocenters. The van der Waals surface area contributed by atoms with Gasteiger partial charge < -0.3 is 20.2 Å². The number of hydrogen-bond acceptors (Lipinski definition) is 4. The molecular weight excluding hydrogens is 214 g/mol. The van der Waals surface area contributed by atoms with Crippen molar-refractivity contribution >= 4 is 11.9 Å². The van der Waals surface area contributed by atoms with Gasteiger partial charge in [0, 0.05) is 6.04 Å². The van der Waals surface area contributed by atoms with Crippen LogP contribution in [0.4, 0.5) is 0 Å². The number of carbonyl (C=O) groups is 2. The fraction of sp³-hybridized carbons (Fsp3) is 0.600. The van der Waals surface area contributed by atoms with Crippen molar-refractivity contribution in [3.8, 4) is 0 Å². The zero-order valence-electron chi connectivity index (χ0n) is 9.33. The summed E-state index contributed by atoms with van der Waals surface area (Å²) in [7, 11) is 4.01. The first kappa shape index (κ1) is 14.6. The molecule has 6 nitrogen and oxygen atoms in total. The lowest BCUT2D eigenvalue weighted by Crippen LogP contribution is -2.39. The maximum Gasteiger partial charge on any atom is 0.414 e. The van der Waals surface area contributed by atoms with Crippen LogP contribution in [0, 0.1) is 0 Å². The van der Waals surface area contributed by atoms with Gasteiger partial charge in [-0.05, 0) is 26.9 Å². The maximum absolute atomic E-state index is 9.45. The standard InChI is InChI=1S/C8H15NO.C2H2O4/c1-9(2)7-5-3-4-6-8(7)10;3-1(4)2(5)6/h3-4,7-8,10H,5-6H2,1-2H3;(H,3,4)(H,5,6)/t7-,8+;/m1./s1. The molecule has 6 heteroatoms. The number of aliphatic hydroxyl groups excluding tert-OH is 1. The second-order valence-electron chi connectivity index (χ2n) is 3.65. The van der Waals surface area contributed by atoms with Crippen molar-refractivity contribution in [3.05, 3.63) is 12.2 Å². The fourth-order valence-electron chi connectivity index (χ4n) is 1.34. The molecule has 92 valence electrons. The van der Waals surface area contributed by atoms with Gasteiger partial charge >= 0.3 is 11.9 Å². The van der Waals surface area contributed by atoms with E-state index in [2.05, 4.69) is 11.0 Å². The monoisotopic (exact) mass is 231 g/mol. The summed E-state index contributed by atoms with van der Waals surface area (Å²) in [5.41, 5.74) is 0. The van der Waals surface area contributed by atoms with Crippen LogP contribution >= 0.6 is 0 Å². The molecule has 1 aliphatic carbocycles. The quantitative estimate of drug-likeness (QED) is 0.426. The van der Waals surface area contributed by atoms with Gasteiger partial charge in [0.1, 0.15) is 0 Å². The number of aliphatic hydroxyl groups is 1. The molecule has 3 N–H and O–H groups in total. The van der Waals surface area contributed by atoms with Gasteiger partial charge in [-0.3, -0.25) is 0 Å². The Bertz CT molecular complexity index is 262. The molecule has 0 bridgehead atoms. The summed E-state index contributed by atoms with van der Waals surface area (Å²) < 4.78 is 0. The van der Waals surface area contributed by atoms with Crippen molar-refractivity contribution in [1.29, 1.82) is 0 Å². The topological polar surface area (TPSA) is 98.1 Å². The smallest absolute Gasteiger partial charge is 0.414 e. The summed E-state index contributed by atoms with van der Waals surface area (Å²) in [5, 5.41) is 24.2. The molecule has 0 radical (unpaired) electrons. The van der Waals surface area contributed by atoms with Crippen LogP contribution in [-0.4, -0.2) is 58.4 Å². The van der Waals surface area contributed by atoms with Crippen molar-refractivity contribution in [2.45, 2.75) is 25.0 Å². The molecular formula is C10H17NO5. The van der Waals surface area contributed by atoms with Crippen LogP contribution in [0.3, 0.4) is 0 Å². The molecule has 0 aromatic rings. The van der Waals surface area contributed by atoms with Crippen molar-refractivity contribution < 1.29 is 24.9 Å². The Morgan fingerprint density at radius 1 is 1.12 bits per heavy atom. The minimum Gasteiger partial charge on any atom is -0.473 e. The minimum absolute atomic E-state index is 0.167. The Morgan fingerprint density at radius 3 is 1.81 bits per heavy atom. The Labute approximate surface area is 93.8 Å². The molecule has 0 fully saturated rings. The third-order valence-electron chi connectivity index (χ3n) is 2.21. The SMILES string of the molecule is CN(C)[C@@H]1CC=CC[C@@H]1O.O=C(O)C(=O)O. The fourth-order valence-corrected chi connectivity index (χ4v) is 1.34. The van der Waals surface area contributed by atoms with E-state index in [4.69, 9.17) is 19.8 Å². The second kappa shape index (κ2) is 6.97. The molecule has 16 heavy (non-hydrogen) atoms. The first-order chi connectivity index (χ1) is 7.36. The molecule has 0 aromatic heterocycles. The third-order valence-corrected chi connectivity index (χ3v) is 2.21. The highest BCUT2D eigenvalue weighted by Crippen LogP contribution is 2.15. The van der Waals surface area contributed by atoms with Crippen LogP contribution in [0.1, 0.15) is 12.8 Å². The molecule has 0 aromatic carbocycles. The summed E-state index contributed by atoms with van der Waals surface area (Å²) in [6.07, 6.45) is 5.80. The highest BCUT2D eigenvalue weighted by Gasteiger charge is 2.21. The molecule has 0 saturated carbocycles. The molecule has 2 atom stereocenters. The Hall–Kier alpha value is -1.40. The van der Waals surface area contributed by atoms with Crippen LogP contribution in [-0.2, 0) is 9.59 Å². The summed E-state index contributed by atoms with van der Waals surface area (Å²) in [6.45, 7) is 0. The van der Waals surface area contributed by atoms with Crippen LogP contribution in [0.15, 0.2) is 12.2 Å². The molecule has 0 aliphatic heterocycles. The molecule has 0 saturated heterocycles. The van der Waals surface area contributed by atoms with Gasteiger partial charge in [-0.1, -0.05) is 12.2 Å². The van der Waals surface area contributed by atoms with Gasteiger partial charge in [-0.2, -0.15) is 0 Å². The van der Waals surface area contributed by atoms with Gasteiger partial charge in [0.25, 0.3) is 0 Å². The van der Waals surface area contributed by atoms with Gasteiger partial charge in [0.15, 0.2) is 0 Å². The van der Waals surface area contributed by atoms with Crippen LogP contribution < -0.4 is 0 Å². The van der Waals surface area contributed by atoms with Crippen molar-refractivity contribution in [1.82, 2.24) is 4.90 Å². The van der Waals surface area contributed by atoms with Crippen molar-refractivity contribution in [2.24, 2.45) is 0 Å². The highest BCUT2D eigenvalue weighted by atomic mass is 16.4. The Balaban J connectivity index is 0.000000325. The van der Waals surface area contributed by atoms with E-state index >= 15 is 0 Å². The molecule has 0 amide bonds. The number of carboxylic acid groups (broad SMARTS) is 2. The molecule has 1 rings (SSSR count). The van der Waals surface area contributed by atoms with Crippen molar-refractivity contribution in [2.75, 3.05) is 14.1 Å². The van der Waals surface area contributed by atoms with E-state index in [9.17, 15) is 5.11 Å². The Kier molecular flexibility index (Phi) is 6.36. The summed E-state index contributed by atoms with van der Waals surface area (Å²) >= 11 is 0. The number of rotatable bonds is 1. The van der Waals surface area contributed by atoms with Gasteiger partial charge in [-0.15, -0.1) is 0 Å². The predicted molar refractivity (Wildman–Crippen MR) is 57.1 cm³/mol. The zero-order valence-corrected chi connectivity index (χ0v) is 9.33. The molecule has 0 spiro atoms. The van der Waals surface area contributed by atoms with E-state index in [-0.39, 0.29) is 6.10 Å². The van der Waals surface area contributed by atoms with E-state index in [0.29, 0.717) is 6.04 Å². The summed E-state index contributed by atoms with van der Waals surface area (Å²) in [5.74, 6) is -3.65. The number of hydrogen-bond donors (Lipinski definition) is 3. The Morgan fingerprint density at radius 2 is 1.56 bits per heavy atom. The second-order valence-corrected chi connectivity index (χ2v) is 3.65. The van der Waals surface area contributed by atoms with Crippen LogP contribution in [0.5, 0.6) is 0 Å². The van der Waals surface area contributed by atoms with Gasteiger partial charge in [-0.25, -0.2) is 9.59 Å². The van der Waals surface area contributed by atoms with E-state index in [1.54, 1.807) is 0 Å². The normalized spacial score (nSPS) is 23.5. The lowest BCUT2D eigenvalue weighted by atomic mass is 9.98. The van der Waals surface area contributed by atoms with E-state index in [1.165, 1.54) is 0 Å². The lowest BCUT2D eigenvalue weighted by molar-refractivity contribution is -0.159. The summed E-state index contributed by atoms with van der Waals surface area (Å²) in [6, 6.07) is 0.324. The van der Waals surface area contributed by atoms with E-state index in [0.717, 1.165) is 12.8 Å². The number of carboxylic acids is 2. The molecule has 1 aliphatic rings. The first-order valence-corrected chi connectivity index (χ1v) is 4.82. The average Bonchev–Trinajstić information content (AvgIpc) is 2.18. The number of aliphatic carboxylic acids is 2. The van der Waals surface area contributed by atoms with E-state index < -0.39 is 11.9 Å². The lowest BCUT2D eigenvalue weighted by Gasteiger charge is -2.29. The average molecular weight is 231 g/mol. The zero-order chi connectivity index (χ0) is 12.7. The third kappa shape index (κ3) is 5.47. The highest BCUT2D eigenvalue weighted by molar-refractivity contribution is 6.27. The summed E-state index contributed by atoms with van der Waals surface area (Å²) in [4.78, 5) is 20.3. The van der Waals surface area contributed by atoms with Crippen LogP contribution in [0.25, 0.3) is 0 Å². The number of likely N-dealkylation sites (N-methyl/N-ethyl adjacent to an activating group) is 1.